The number of ether oxygens (including phenoxy) is 2. The molecule has 1 unspecified atom stereocenters. The first-order chi connectivity index (χ1) is 9.58. The highest BCUT2D eigenvalue weighted by atomic mass is 16.5. The highest BCUT2D eigenvalue weighted by Crippen LogP contribution is 2.15. The molecule has 1 atom stereocenters. The van der Waals surface area contributed by atoms with Gasteiger partial charge in [-0.3, -0.25) is 4.79 Å². The Morgan fingerprint density at radius 3 is 2.40 bits per heavy atom. The molecule has 1 amide bonds. The topological polar surface area (TPSA) is 76.1 Å². The van der Waals surface area contributed by atoms with Crippen molar-refractivity contribution >= 4 is 11.9 Å². The van der Waals surface area contributed by atoms with Crippen LogP contribution in [0.4, 0.5) is 0 Å². The van der Waals surface area contributed by atoms with Crippen molar-refractivity contribution in [1.29, 1.82) is 0 Å². The smallest absolute Gasteiger partial charge is 0.335 e. The van der Waals surface area contributed by atoms with Gasteiger partial charge in [-0.2, -0.15) is 0 Å². The minimum Gasteiger partial charge on any atom is -0.481 e. The Kier molecular flexibility index (Phi) is 4.57. The van der Waals surface area contributed by atoms with E-state index >= 15 is 0 Å². The first-order valence-corrected chi connectivity index (χ1v) is 6.44. The number of hydrogen-bond donors (Lipinski definition) is 1. The second kappa shape index (κ2) is 6.38. The highest BCUT2D eigenvalue weighted by molar-refractivity contribution is 5.87. The van der Waals surface area contributed by atoms with Crippen LogP contribution in [0.5, 0.6) is 5.75 Å². The molecule has 6 heteroatoms. The average molecular weight is 279 g/mol. The summed E-state index contributed by atoms with van der Waals surface area (Å²) in [7, 11) is 0. The second-order valence-electron chi connectivity index (χ2n) is 4.53. The van der Waals surface area contributed by atoms with Gasteiger partial charge in [-0.25, -0.2) is 4.79 Å². The molecular weight excluding hydrogens is 262 g/mol. The van der Waals surface area contributed by atoms with Crippen LogP contribution in [0.1, 0.15) is 17.3 Å². The predicted molar refractivity (Wildman–Crippen MR) is 70.9 cm³/mol. The number of carboxylic acid groups (broad SMARTS) is 1. The largest absolute Gasteiger partial charge is 0.481 e. The van der Waals surface area contributed by atoms with Crippen LogP contribution in [0.3, 0.4) is 0 Å². The lowest BCUT2D eigenvalue weighted by molar-refractivity contribution is -0.142. The Morgan fingerprint density at radius 2 is 1.85 bits per heavy atom. The fraction of sp³-hybridized carbons (Fsp3) is 0.429. The summed E-state index contributed by atoms with van der Waals surface area (Å²) in [5.74, 6) is -0.603. The summed E-state index contributed by atoms with van der Waals surface area (Å²) in [6.07, 6.45) is -0.608. The molecule has 1 fully saturated rings. The number of aromatic carboxylic acids is 1. The maximum atomic E-state index is 12.1. The molecule has 1 aromatic carbocycles. The van der Waals surface area contributed by atoms with Gasteiger partial charge in [0.2, 0.25) is 0 Å². The number of amides is 1. The van der Waals surface area contributed by atoms with Crippen molar-refractivity contribution in [3.8, 4) is 5.75 Å². The minimum atomic E-state index is -0.992. The van der Waals surface area contributed by atoms with Gasteiger partial charge in [-0.05, 0) is 31.2 Å². The van der Waals surface area contributed by atoms with Gasteiger partial charge >= 0.3 is 5.97 Å². The van der Waals surface area contributed by atoms with Crippen molar-refractivity contribution in [2.75, 3.05) is 26.3 Å². The van der Waals surface area contributed by atoms with Crippen molar-refractivity contribution in [3.63, 3.8) is 0 Å². The molecule has 6 nitrogen and oxygen atoms in total. The summed E-state index contributed by atoms with van der Waals surface area (Å²) < 4.78 is 10.7. The summed E-state index contributed by atoms with van der Waals surface area (Å²) in [6, 6.07) is 5.99. The molecule has 1 aliphatic heterocycles. The SMILES string of the molecule is CC(Oc1ccc(C(=O)O)cc1)C(=O)N1CCOCC1. The fourth-order valence-electron chi connectivity index (χ4n) is 1.97. The Bertz CT molecular complexity index is 479. The molecule has 2 rings (SSSR count). The number of rotatable bonds is 4. The number of morpholine rings is 1. The zero-order valence-electron chi connectivity index (χ0n) is 11.2. The number of benzene rings is 1. The van der Waals surface area contributed by atoms with Crippen LogP contribution in [-0.2, 0) is 9.53 Å². The van der Waals surface area contributed by atoms with Gasteiger partial charge in [0.15, 0.2) is 6.10 Å². The summed E-state index contributed by atoms with van der Waals surface area (Å²) in [6.45, 7) is 3.93. The molecule has 0 spiro atoms. The molecule has 1 heterocycles. The second-order valence-corrected chi connectivity index (χ2v) is 4.53. The van der Waals surface area contributed by atoms with Crippen LogP contribution in [0.15, 0.2) is 24.3 Å². The van der Waals surface area contributed by atoms with Crippen molar-refractivity contribution in [3.05, 3.63) is 29.8 Å². The van der Waals surface area contributed by atoms with Crippen molar-refractivity contribution in [2.45, 2.75) is 13.0 Å². The van der Waals surface area contributed by atoms with Crippen LogP contribution in [-0.4, -0.2) is 54.3 Å². The van der Waals surface area contributed by atoms with E-state index in [2.05, 4.69) is 0 Å². The van der Waals surface area contributed by atoms with Gasteiger partial charge in [-0.15, -0.1) is 0 Å². The zero-order valence-corrected chi connectivity index (χ0v) is 11.2. The summed E-state index contributed by atoms with van der Waals surface area (Å²) in [4.78, 5) is 24.6. The fourth-order valence-corrected chi connectivity index (χ4v) is 1.97. The minimum absolute atomic E-state index is 0.0874. The van der Waals surface area contributed by atoms with E-state index < -0.39 is 12.1 Å². The zero-order chi connectivity index (χ0) is 14.5. The van der Waals surface area contributed by atoms with Crippen molar-refractivity contribution < 1.29 is 24.2 Å². The first-order valence-electron chi connectivity index (χ1n) is 6.44. The number of carboxylic acids is 1. The lowest BCUT2D eigenvalue weighted by atomic mass is 10.2. The normalized spacial score (nSPS) is 16.6. The van der Waals surface area contributed by atoms with Gasteiger partial charge in [0.25, 0.3) is 5.91 Å². The maximum Gasteiger partial charge on any atom is 0.335 e. The number of hydrogen-bond acceptors (Lipinski definition) is 4. The van der Waals surface area contributed by atoms with E-state index in [0.29, 0.717) is 32.1 Å². The van der Waals surface area contributed by atoms with E-state index in [-0.39, 0.29) is 11.5 Å². The van der Waals surface area contributed by atoms with Crippen LogP contribution in [0.2, 0.25) is 0 Å². The molecule has 0 radical (unpaired) electrons. The Balaban J connectivity index is 1.94. The first kappa shape index (κ1) is 14.3. The lowest BCUT2D eigenvalue weighted by Crippen LogP contribution is -2.46. The molecule has 0 aliphatic carbocycles. The third-order valence-corrected chi connectivity index (χ3v) is 3.08. The number of nitrogens with zero attached hydrogens (tertiary/aromatic N) is 1. The van der Waals surface area contributed by atoms with Gasteiger partial charge in [0, 0.05) is 13.1 Å². The maximum absolute atomic E-state index is 12.1. The Hall–Kier alpha value is -2.08. The molecule has 0 bridgehead atoms. The predicted octanol–water partition coefficient (Wildman–Crippen LogP) is 1.01. The molecule has 1 aromatic rings. The van der Waals surface area contributed by atoms with E-state index in [1.807, 2.05) is 0 Å². The van der Waals surface area contributed by atoms with Crippen LogP contribution in [0, 0.1) is 0 Å². The summed E-state index contributed by atoms with van der Waals surface area (Å²) in [5.41, 5.74) is 0.185. The number of carbonyl (C=O) groups excluding carboxylic acids is 1. The number of carbonyl (C=O) groups is 2. The Morgan fingerprint density at radius 1 is 1.25 bits per heavy atom. The van der Waals surface area contributed by atoms with E-state index in [4.69, 9.17) is 14.6 Å². The van der Waals surface area contributed by atoms with Crippen LogP contribution < -0.4 is 4.74 Å². The molecule has 108 valence electrons. The molecule has 0 saturated carbocycles. The lowest BCUT2D eigenvalue weighted by Gasteiger charge is -2.29. The van der Waals surface area contributed by atoms with Gasteiger partial charge in [-0.1, -0.05) is 0 Å². The monoisotopic (exact) mass is 279 g/mol. The van der Waals surface area contributed by atoms with Gasteiger partial charge in [0.05, 0.1) is 18.8 Å². The molecular formula is C14H17NO5. The van der Waals surface area contributed by atoms with E-state index in [0.717, 1.165) is 0 Å². The third-order valence-electron chi connectivity index (χ3n) is 3.08. The Labute approximate surface area is 116 Å². The van der Waals surface area contributed by atoms with E-state index in [1.165, 1.54) is 12.1 Å². The van der Waals surface area contributed by atoms with Crippen LogP contribution >= 0.6 is 0 Å². The van der Waals surface area contributed by atoms with Gasteiger partial charge < -0.3 is 19.5 Å². The highest BCUT2D eigenvalue weighted by Gasteiger charge is 2.23. The standard InChI is InChI=1S/C14H17NO5/c1-10(13(16)15-6-8-19-9-7-15)20-12-4-2-11(3-5-12)14(17)18/h2-5,10H,6-9H2,1H3,(H,17,18). The summed E-state index contributed by atoms with van der Waals surface area (Å²) in [5, 5.41) is 8.80. The summed E-state index contributed by atoms with van der Waals surface area (Å²) >= 11 is 0. The molecule has 1 N–H and O–H groups in total. The molecule has 0 aromatic heterocycles. The van der Waals surface area contributed by atoms with E-state index in [9.17, 15) is 9.59 Å². The quantitative estimate of drug-likeness (QED) is 0.890. The van der Waals surface area contributed by atoms with Crippen LogP contribution in [0.25, 0.3) is 0 Å². The van der Waals surface area contributed by atoms with E-state index in [1.54, 1.807) is 24.0 Å². The van der Waals surface area contributed by atoms with Gasteiger partial charge in [0.1, 0.15) is 5.75 Å². The third kappa shape index (κ3) is 3.48. The molecule has 1 saturated heterocycles. The van der Waals surface area contributed by atoms with Crippen molar-refractivity contribution in [1.82, 2.24) is 4.90 Å². The molecule has 20 heavy (non-hydrogen) atoms. The molecule has 1 aliphatic rings. The van der Waals surface area contributed by atoms with Crippen molar-refractivity contribution in [2.24, 2.45) is 0 Å². The average Bonchev–Trinajstić information content (AvgIpc) is 2.48.